The van der Waals surface area contributed by atoms with Crippen LogP contribution in [0.2, 0.25) is 0 Å². The third-order valence-electron chi connectivity index (χ3n) is 2.18. The van der Waals surface area contributed by atoms with E-state index in [0.29, 0.717) is 12.5 Å². The zero-order valence-electron chi connectivity index (χ0n) is 9.50. The molecule has 0 saturated heterocycles. The van der Waals surface area contributed by atoms with Gasteiger partial charge in [-0.2, -0.15) is 0 Å². The van der Waals surface area contributed by atoms with Crippen molar-refractivity contribution in [1.82, 2.24) is 0 Å². The first-order valence-electron chi connectivity index (χ1n) is 5.12. The topological polar surface area (TPSA) is 38.3 Å². The number of hydrogen-bond donors (Lipinski definition) is 1. The van der Waals surface area contributed by atoms with Crippen molar-refractivity contribution in [2.24, 2.45) is 5.92 Å². The van der Waals surface area contributed by atoms with Crippen LogP contribution in [-0.4, -0.2) is 18.9 Å². The lowest BCUT2D eigenvalue weighted by Crippen LogP contribution is -2.21. The van der Waals surface area contributed by atoms with Gasteiger partial charge in [-0.1, -0.05) is 19.1 Å². The molecule has 0 aliphatic carbocycles. The van der Waals surface area contributed by atoms with Crippen molar-refractivity contribution in [1.29, 1.82) is 0 Å². The molecular weight excluding hydrogens is 226 g/mol. The van der Waals surface area contributed by atoms with E-state index in [4.69, 9.17) is 16.3 Å². The minimum Gasteiger partial charge on any atom is -0.380 e. The molecule has 4 heteroatoms. The Labute approximate surface area is 101 Å². The minimum absolute atomic E-state index is 0.0652. The SMILES string of the molecule is COCc1cccc(NC(=O)C(C)CCl)c1. The molecule has 1 unspecified atom stereocenters. The van der Waals surface area contributed by atoms with E-state index >= 15 is 0 Å². The first kappa shape index (κ1) is 13.0. The molecule has 1 atom stereocenters. The second-order valence-corrected chi connectivity index (χ2v) is 3.99. The van der Waals surface area contributed by atoms with E-state index in [2.05, 4.69) is 5.32 Å². The maximum absolute atomic E-state index is 11.6. The number of nitrogens with one attached hydrogen (secondary N) is 1. The number of anilines is 1. The average molecular weight is 242 g/mol. The van der Waals surface area contributed by atoms with Gasteiger partial charge in [0.05, 0.1) is 6.61 Å². The number of carbonyl (C=O) groups is 1. The number of amides is 1. The van der Waals surface area contributed by atoms with Crippen molar-refractivity contribution in [3.8, 4) is 0 Å². The first-order valence-corrected chi connectivity index (χ1v) is 5.65. The zero-order valence-corrected chi connectivity index (χ0v) is 10.3. The normalized spacial score (nSPS) is 12.2. The Bertz CT molecular complexity index is 355. The van der Waals surface area contributed by atoms with E-state index in [1.807, 2.05) is 24.3 Å². The third kappa shape index (κ3) is 3.83. The molecule has 0 saturated carbocycles. The Balaban J connectivity index is 2.66. The summed E-state index contributed by atoms with van der Waals surface area (Å²) < 4.78 is 5.02. The summed E-state index contributed by atoms with van der Waals surface area (Å²) in [5, 5.41) is 2.81. The van der Waals surface area contributed by atoms with Crippen LogP contribution in [0.1, 0.15) is 12.5 Å². The summed E-state index contributed by atoms with van der Waals surface area (Å²) in [6, 6.07) is 7.57. The van der Waals surface area contributed by atoms with Crippen LogP contribution in [0, 0.1) is 5.92 Å². The molecule has 0 aliphatic heterocycles. The number of halogens is 1. The lowest BCUT2D eigenvalue weighted by atomic mass is 10.1. The molecule has 3 nitrogen and oxygen atoms in total. The smallest absolute Gasteiger partial charge is 0.228 e. The highest BCUT2D eigenvalue weighted by atomic mass is 35.5. The second kappa shape index (κ2) is 6.51. The molecule has 88 valence electrons. The number of hydrogen-bond acceptors (Lipinski definition) is 2. The molecule has 1 amide bonds. The van der Waals surface area contributed by atoms with E-state index in [1.54, 1.807) is 14.0 Å². The fourth-order valence-corrected chi connectivity index (χ4v) is 1.38. The van der Waals surface area contributed by atoms with Gasteiger partial charge < -0.3 is 10.1 Å². The summed E-state index contributed by atoms with van der Waals surface area (Å²) in [6.07, 6.45) is 0. The Morgan fingerprint density at radius 2 is 2.31 bits per heavy atom. The van der Waals surface area contributed by atoms with Gasteiger partial charge in [-0.15, -0.1) is 11.6 Å². The maximum Gasteiger partial charge on any atom is 0.228 e. The van der Waals surface area contributed by atoms with Gasteiger partial charge in [0.25, 0.3) is 0 Å². The van der Waals surface area contributed by atoms with Gasteiger partial charge in [-0.05, 0) is 17.7 Å². The minimum atomic E-state index is -0.187. The van der Waals surface area contributed by atoms with E-state index in [-0.39, 0.29) is 11.8 Å². The number of ether oxygens (including phenoxy) is 1. The first-order chi connectivity index (χ1) is 7.67. The van der Waals surface area contributed by atoms with Crippen LogP contribution in [0.5, 0.6) is 0 Å². The van der Waals surface area contributed by atoms with Crippen LogP contribution in [-0.2, 0) is 16.1 Å². The van der Waals surface area contributed by atoms with Gasteiger partial charge in [0.2, 0.25) is 5.91 Å². The predicted molar refractivity (Wildman–Crippen MR) is 65.7 cm³/mol. The van der Waals surface area contributed by atoms with Gasteiger partial charge in [0.15, 0.2) is 0 Å². The Morgan fingerprint density at radius 3 is 2.94 bits per heavy atom. The molecule has 1 aromatic rings. The largest absolute Gasteiger partial charge is 0.380 e. The Hall–Kier alpha value is -1.06. The summed E-state index contributed by atoms with van der Waals surface area (Å²) in [5.41, 5.74) is 1.80. The molecule has 16 heavy (non-hydrogen) atoms. The summed E-state index contributed by atoms with van der Waals surface area (Å²) >= 11 is 5.61. The number of methoxy groups -OCH3 is 1. The molecule has 1 rings (SSSR count). The van der Waals surface area contributed by atoms with E-state index in [1.165, 1.54) is 0 Å². The highest BCUT2D eigenvalue weighted by Gasteiger charge is 2.11. The maximum atomic E-state index is 11.6. The molecule has 0 bridgehead atoms. The molecule has 0 fully saturated rings. The molecule has 0 spiro atoms. The predicted octanol–water partition coefficient (Wildman–Crippen LogP) is 2.65. The Morgan fingerprint density at radius 1 is 1.56 bits per heavy atom. The van der Waals surface area contributed by atoms with Crippen LogP contribution in [0.15, 0.2) is 24.3 Å². The van der Waals surface area contributed by atoms with Crippen LogP contribution in [0.3, 0.4) is 0 Å². The highest BCUT2D eigenvalue weighted by Crippen LogP contribution is 2.13. The van der Waals surface area contributed by atoms with Crippen LogP contribution in [0.4, 0.5) is 5.69 Å². The number of carbonyl (C=O) groups excluding carboxylic acids is 1. The van der Waals surface area contributed by atoms with Gasteiger partial charge >= 0.3 is 0 Å². The van der Waals surface area contributed by atoms with Crippen molar-refractivity contribution in [3.63, 3.8) is 0 Å². The van der Waals surface area contributed by atoms with Crippen LogP contribution in [0.25, 0.3) is 0 Å². The molecular formula is C12H16ClNO2. The van der Waals surface area contributed by atoms with Crippen molar-refractivity contribution in [2.75, 3.05) is 18.3 Å². The second-order valence-electron chi connectivity index (χ2n) is 3.68. The van der Waals surface area contributed by atoms with Crippen LogP contribution < -0.4 is 5.32 Å². The fraction of sp³-hybridized carbons (Fsp3) is 0.417. The van der Waals surface area contributed by atoms with Gasteiger partial charge in [0, 0.05) is 24.6 Å². The third-order valence-corrected chi connectivity index (χ3v) is 2.65. The summed E-state index contributed by atoms with van der Waals surface area (Å²) in [6.45, 7) is 2.33. The number of benzene rings is 1. The van der Waals surface area contributed by atoms with Crippen molar-refractivity contribution in [3.05, 3.63) is 29.8 Å². The highest BCUT2D eigenvalue weighted by molar-refractivity contribution is 6.19. The zero-order chi connectivity index (χ0) is 12.0. The van der Waals surface area contributed by atoms with Gasteiger partial charge in [0.1, 0.15) is 0 Å². The summed E-state index contributed by atoms with van der Waals surface area (Å²) in [4.78, 5) is 11.6. The Kier molecular flexibility index (Phi) is 5.29. The average Bonchev–Trinajstić information content (AvgIpc) is 2.29. The lowest BCUT2D eigenvalue weighted by molar-refractivity contribution is -0.118. The van der Waals surface area contributed by atoms with E-state index < -0.39 is 0 Å². The number of rotatable bonds is 5. The van der Waals surface area contributed by atoms with E-state index in [9.17, 15) is 4.79 Å². The summed E-state index contributed by atoms with van der Waals surface area (Å²) in [5.74, 6) is 0.0705. The van der Waals surface area contributed by atoms with Gasteiger partial charge in [-0.25, -0.2) is 0 Å². The van der Waals surface area contributed by atoms with Crippen molar-refractivity contribution in [2.45, 2.75) is 13.5 Å². The standard InChI is InChI=1S/C12H16ClNO2/c1-9(7-13)12(15)14-11-5-3-4-10(6-11)8-16-2/h3-6,9H,7-8H2,1-2H3,(H,14,15). The van der Waals surface area contributed by atoms with Crippen LogP contribution >= 0.6 is 11.6 Å². The van der Waals surface area contributed by atoms with Crippen molar-refractivity contribution < 1.29 is 9.53 Å². The molecule has 0 aromatic heterocycles. The fourth-order valence-electron chi connectivity index (χ4n) is 1.24. The quantitative estimate of drug-likeness (QED) is 0.805. The van der Waals surface area contributed by atoms with Crippen molar-refractivity contribution >= 4 is 23.2 Å². The summed E-state index contributed by atoms with van der Waals surface area (Å²) in [7, 11) is 1.64. The van der Waals surface area contributed by atoms with E-state index in [0.717, 1.165) is 11.3 Å². The van der Waals surface area contributed by atoms with Gasteiger partial charge in [-0.3, -0.25) is 4.79 Å². The molecule has 0 aliphatic rings. The molecule has 0 heterocycles. The lowest BCUT2D eigenvalue weighted by Gasteiger charge is -2.10. The molecule has 1 aromatic carbocycles. The number of alkyl halides is 1. The molecule has 1 N–H and O–H groups in total. The molecule has 0 radical (unpaired) electrons. The monoisotopic (exact) mass is 241 g/mol.